The minimum absolute atomic E-state index is 0.122. The fourth-order valence-corrected chi connectivity index (χ4v) is 3.58. The zero-order valence-corrected chi connectivity index (χ0v) is 15.6. The summed E-state index contributed by atoms with van der Waals surface area (Å²) in [4.78, 5) is 24.5. The van der Waals surface area contributed by atoms with E-state index in [1.54, 1.807) is 0 Å². The molecule has 0 aliphatic heterocycles. The molecular weight excluding hydrogens is 342 g/mol. The van der Waals surface area contributed by atoms with Crippen molar-refractivity contribution in [1.82, 2.24) is 5.32 Å². The molecule has 1 aromatic rings. The highest BCUT2D eigenvalue weighted by Crippen LogP contribution is 2.23. The van der Waals surface area contributed by atoms with Gasteiger partial charge in [0.25, 0.3) is 5.91 Å². The molecule has 6 nitrogen and oxygen atoms in total. The van der Waals surface area contributed by atoms with Crippen LogP contribution in [0.25, 0.3) is 0 Å². The molecule has 0 aromatic heterocycles. The van der Waals surface area contributed by atoms with E-state index in [0.717, 1.165) is 25.5 Å². The number of hydrogen-bond acceptors (Lipinski definition) is 5. The number of sulfone groups is 1. The summed E-state index contributed by atoms with van der Waals surface area (Å²) in [6.07, 6.45) is 4.50. The molecule has 1 amide bonds. The molecule has 0 radical (unpaired) electrons. The molecular formula is C18H25NO5S. The monoisotopic (exact) mass is 367 g/mol. The third kappa shape index (κ3) is 5.29. The van der Waals surface area contributed by atoms with E-state index in [4.69, 9.17) is 4.74 Å². The Bertz CT molecular complexity index is 726. The first-order chi connectivity index (χ1) is 11.7. The lowest BCUT2D eigenvalue weighted by Crippen LogP contribution is -2.45. The van der Waals surface area contributed by atoms with Gasteiger partial charge in [0.1, 0.15) is 0 Å². The van der Waals surface area contributed by atoms with Crippen LogP contribution in [-0.4, -0.2) is 38.7 Å². The van der Waals surface area contributed by atoms with Gasteiger partial charge < -0.3 is 10.1 Å². The standard InChI is InChI=1S/C18H25NO5S/c1-12-6-4-5-7-16(12)19-17(20)13(2)24-18(21)14-8-10-15(11-9-14)25(3,22)23/h8-13,16H,4-7H2,1-3H3,(H,19,20)/t12-,13+,16+/m1/s1. The topological polar surface area (TPSA) is 89.5 Å². The zero-order valence-electron chi connectivity index (χ0n) is 14.8. The molecule has 1 fully saturated rings. The van der Waals surface area contributed by atoms with E-state index in [-0.39, 0.29) is 22.4 Å². The van der Waals surface area contributed by atoms with Crippen LogP contribution in [0, 0.1) is 5.92 Å². The van der Waals surface area contributed by atoms with Crippen LogP contribution in [0.4, 0.5) is 0 Å². The van der Waals surface area contributed by atoms with Gasteiger partial charge in [-0.1, -0.05) is 19.8 Å². The van der Waals surface area contributed by atoms with Gasteiger partial charge in [-0.2, -0.15) is 0 Å². The summed E-state index contributed by atoms with van der Waals surface area (Å²) in [5.41, 5.74) is 0.207. The molecule has 0 saturated heterocycles. The summed E-state index contributed by atoms with van der Waals surface area (Å²) in [6, 6.07) is 5.58. The van der Waals surface area contributed by atoms with Gasteiger partial charge in [0, 0.05) is 12.3 Å². The van der Waals surface area contributed by atoms with Crippen molar-refractivity contribution in [2.75, 3.05) is 6.26 Å². The van der Waals surface area contributed by atoms with Gasteiger partial charge in [-0.15, -0.1) is 0 Å². The number of rotatable bonds is 5. The molecule has 2 rings (SSSR count). The Hall–Kier alpha value is -1.89. The van der Waals surface area contributed by atoms with Crippen molar-refractivity contribution in [3.8, 4) is 0 Å². The average Bonchev–Trinajstić information content (AvgIpc) is 2.56. The Morgan fingerprint density at radius 2 is 1.76 bits per heavy atom. The number of carbonyl (C=O) groups excluding carboxylic acids is 2. The smallest absolute Gasteiger partial charge is 0.338 e. The van der Waals surface area contributed by atoms with Crippen molar-refractivity contribution in [3.05, 3.63) is 29.8 Å². The van der Waals surface area contributed by atoms with Gasteiger partial charge in [-0.3, -0.25) is 4.79 Å². The van der Waals surface area contributed by atoms with Crippen LogP contribution in [0.1, 0.15) is 49.9 Å². The van der Waals surface area contributed by atoms with Crippen LogP contribution in [0.5, 0.6) is 0 Å². The molecule has 1 saturated carbocycles. The van der Waals surface area contributed by atoms with Crippen LogP contribution in [-0.2, 0) is 19.4 Å². The van der Waals surface area contributed by atoms with Crippen LogP contribution in [0.15, 0.2) is 29.2 Å². The normalized spacial score (nSPS) is 22.0. The molecule has 0 unspecified atom stereocenters. The molecule has 1 aliphatic carbocycles. The van der Waals surface area contributed by atoms with Crippen LogP contribution in [0.3, 0.4) is 0 Å². The number of nitrogens with one attached hydrogen (secondary N) is 1. The number of ether oxygens (including phenoxy) is 1. The predicted octanol–water partition coefficient (Wildman–Crippen LogP) is 2.33. The summed E-state index contributed by atoms with van der Waals surface area (Å²) in [5, 5.41) is 2.96. The lowest BCUT2D eigenvalue weighted by Gasteiger charge is -2.30. The average molecular weight is 367 g/mol. The van der Waals surface area contributed by atoms with Crippen LogP contribution < -0.4 is 5.32 Å². The molecule has 25 heavy (non-hydrogen) atoms. The SMILES string of the molecule is C[C@H](OC(=O)c1ccc(S(C)(=O)=O)cc1)C(=O)N[C@H]1CCCC[C@H]1C. The Balaban J connectivity index is 1.93. The van der Waals surface area contributed by atoms with Crippen molar-refractivity contribution in [1.29, 1.82) is 0 Å². The predicted molar refractivity (Wildman–Crippen MR) is 94.0 cm³/mol. The molecule has 1 aliphatic rings. The second-order valence-corrected chi connectivity index (χ2v) is 8.74. The Kier molecular flexibility index (Phi) is 6.21. The van der Waals surface area contributed by atoms with E-state index in [1.165, 1.54) is 37.6 Å². The number of benzene rings is 1. The number of esters is 1. The summed E-state index contributed by atoms with van der Waals surface area (Å²) < 4.78 is 28.1. The molecule has 7 heteroatoms. The minimum atomic E-state index is -3.32. The number of hydrogen-bond donors (Lipinski definition) is 1. The van der Waals surface area contributed by atoms with Crippen LogP contribution >= 0.6 is 0 Å². The molecule has 0 bridgehead atoms. The lowest BCUT2D eigenvalue weighted by molar-refractivity contribution is -0.130. The maximum absolute atomic E-state index is 12.2. The number of carbonyl (C=O) groups is 2. The molecule has 1 aromatic carbocycles. The second kappa shape index (κ2) is 7.99. The fourth-order valence-electron chi connectivity index (χ4n) is 2.95. The van der Waals surface area contributed by atoms with E-state index in [1.807, 2.05) is 0 Å². The highest BCUT2D eigenvalue weighted by molar-refractivity contribution is 7.90. The lowest BCUT2D eigenvalue weighted by atomic mass is 9.86. The number of amides is 1. The van der Waals surface area contributed by atoms with Gasteiger partial charge >= 0.3 is 5.97 Å². The van der Waals surface area contributed by atoms with Gasteiger partial charge in [-0.05, 0) is 49.9 Å². The van der Waals surface area contributed by atoms with Gasteiger partial charge in [0.2, 0.25) is 0 Å². The molecule has 1 N–H and O–H groups in total. The van der Waals surface area contributed by atoms with E-state index >= 15 is 0 Å². The molecule has 138 valence electrons. The maximum atomic E-state index is 12.2. The van der Waals surface area contributed by atoms with Gasteiger partial charge in [-0.25, -0.2) is 13.2 Å². The van der Waals surface area contributed by atoms with Crippen molar-refractivity contribution >= 4 is 21.7 Å². The quantitative estimate of drug-likeness (QED) is 0.807. The molecule has 3 atom stereocenters. The van der Waals surface area contributed by atoms with E-state index in [2.05, 4.69) is 12.2 Å². The van der Waals surface area contributed by atoms with Gasteiger partial charge in [0.15, 0.2) is 15.9 Å². The largest absolute Gasteiger partial charge is 0.449 e. The first-order valence-electron chi connectivity index (χ1n) is 8.50. The highest BCUT2D eigenvalue weighted by atomic mass is 32.2. The van der Waals surface area contributed by atoms with E-state index < -0.39 is 21.9 Å². The Morgan fingerprint density at radius 1 is 1.16 bits per heavy atom. The van der Waals surface area contributed by atoms with Crippen molar-refractivity contribution in [2.45, 2.75) is 56.6 Å². The van der Waals surface area contributed by atoms with Crippen molar-refractivity contribution < 1.29 is 22.7 Å². The first kappa shape index (κ1) is 19.4. The molecule has 0 heterocycles. The van der Waals surface area contributed by atoms with E-state index in [9.17, 15) is 18.0 Å². The van der Waals surface area contributed by atoms with Crippen molar-refractivity contribution in [2.24, 2.45) is 5.92 Å². The third-order valence-corrected chi connectivity index (χ3v) is 5.74. The highest BCUT2D eigenvalue weighted by Gasteiger charge is 2.26. The summed E-state index contributed by atoms with van der Waals surface area (Å²) in [5.74, 6) is -0.539. The van der Waals surface area contributed by atoms with Crippen molar-refractivity contribution in [3.63, 3.8) is 0 Å². The summed E-state index contributed by atoms with van der Waals surface area (Å²) >= 11 is 0. The van der Waals surface area contributed by atoms with Crippen LogP contribution in [0.2, 0.25) is 0 Å². The Morgan fingerprint density at radius 3 is 2.32 bits per heavy atom. The maximum Gasteiger partial charge on any atom is 0.338 e. The first-order valence-corrected chi connectivity index (χ1v) is 10.4. The molecule has 0 spiro atoms. The zero-order chi connectivity index (χ0) is 18.6. The summed E-state index contributed by atoms with van der Waals surface area (Å²) in [6.45, 7) is 3.65. The Labute approximate surface area is 148 Å². The third-order valence-electron chi connectivity index (χ3n) is 4.61. The fraction of sp³-hybridized carbons (Fsp3) is 0.556. The minimum Gasteiger partial charge on any atom is -0.449 e. The van der Waals surface area contributed by atoms with E-state index in [0.29, 0.717) is 5.92 Å². The van der Waals surface area contributed by atoms with Gasteiger partial charge in [0.05, 0.1) is 10.5 Å². The summed E-state index contributed by atoms with van der Waals surface area (Å²) in [7, 11) is -3.32. The second-order valence-electron chi connectivity index (χ2n) is 6.72.